The van der Waals surface area contributed by atoms with Gasteiger partial charge < -0.3 is 20.5 Å². The Morgan fingerprint density at radius 1 is 1.41 bits per heavy atom. The molecule has 6 nitrogen and oxygen atoms in total. The first kappa shape index (κ1) is 21.5. The van der Waals surface area contributed by atoms with Crippen molar-refractivity contribution in [3.8, 4) is 5.75 Å². The molecule has 0 spiro atoms. The van der Waals surface area contributed by atoms with E-state index in [9.17, 15) is 9.50 Å². The highest BCUT2D eigenvalue weighted by Crippen LogP contribution is 2.26. The highest BCUT2D eigenvalue weighted by Gasteiger charge is 2.26. The number of phenolic OH excluding ortho intramolecular Hbond substituents is 1. The fourth-order valence-electron chi connectivity index (χ4n) is 3.37. The number of nitrogens with zero attached hydrogens (tertiary/aromatic N) is 2. The molecule has 2 aromatic rings. The molecular formula is C21H29FN4O2S. The number of hydrogen-bond donors (Lipinski definition) is 3. The van der Waals surface area contributed by atoms with Gasteiger partial charge in [-0.05, 0) is 43.0 Å². The lowest BCUT2D eigenvalue weighted by Gasteiger charge is -2.37. The van der Waals surface area contributed by atoms with Crippen LogP contribution in [0.15, 0.2) is 40.7 Å². The Labute approximate surface area is 175 Å². The van der Waals surface area contributed by atoms with Gasteiger partial charge in [-0.1, -0.05) is 12.1 Å². The van der Waals surface area contributed by atoms with Gasteiger partial charge in [-0.2, -0.15) is 0 Å². The molecule has 0 aliphatic carbocycles. The van der Waals surface area contributed by atoms with Gasteiger partial charge in [0.1, 0.15) is 0 Å². The van der Waals surface area contributed by atoms with Gasteiger partial charge in [0.25, 0.3) is 0 Å². The van der Waals surface area contributed by atoms with E-state index in [-0.39, 0.29) is 17.9 Å². The lowest BCUT2D eigenvalue weighted by atomic mass is 10.1. The minimum absolute atomic E-state index is 0.220. The fraction of sp³-hybridized carbons (Fsp3) is 0.476. The molecule has 2 heterocycles. The number of halogens is 1. The van der Waals surface area contributed by atoms with Crippen molar-refractivity contribution in [1.29, 1.82) is 0 Å². The van der Waals surface area contributed by atoms with Gasteiger partial charge in [-0.3, -0.25) is 4.90 Å². The normalized spacial score (nSPS) is 19.1. The molecular weight excluding hydrogens is 391 g/mol. The summed E-state index contributed by atoms with van der Waals surface area (Å²) in [4.78, 5) is 8.33. The first-order valence-electron chi connectivity index (χ1n) is 9.95. The Morgan fingerprint density at radius 3 is 2.97 bits per heavy atom. The SMILES string of the molecule is CCNC(=NCc1ccc(O)c(F)c1)NCC(c1cccs1)N1CCOC(C)C1. The van der Waals surface area contributed by atoms with E-state index in [2.05, 4.69) is 45.0 Å². The fourth-order valence-corrected chi connectivity index (χ4v) is 4.23. The Bertz CT molecular complexity index is 800. The number of aliphatic imine (C=N–C) groups is 1. The van der Waals surface area contributed by atoms with Crippen molar-refractivity contribution >= 4 is 17.3 Å². The number of guanidine groups is 1. The quantitative estimate of drug-likeness (QED) is 0.474. The van der Waals surface area contributed by atoms with E-state index in [1.165, 1.54) is 17.0 Å². The van der Waals surface area contributed by atoms with E-state index in [0.29, 0.717) is 24.6 Å². The first-order chi connectivity index (χ1) is 14.1. The summed E-state index contributed by atoms with van der Waals surface area (Å²) in [6, 6.07) is 8.82. The molecule has 0 amide bonds. The average Bonchev–Trinajstić information content (AvgIpc) is 3.23. The minimum atomic E-state index is -0.630. The Balaban J connectivity index is 1.68. The first-order valence-corrected chi connectivity index (χ1v) is 10.8. The molecule has 3 rings (SSSR count). The third-order valence-electron chi connectivity index (χ3n) is 4.82. The topological polar surface area (TPSA) is 69.1 Å². The molecule has 3 N–H and O–H groups in total. The molecule has 2 unspecified atom stereocenters. The van der Waals surface area contributed by atoms with Crippen molar-refractivity contribution in [3.05, 3.63) is 52.0 Å². The number of nitrogens with one attached hydrogen (secondary N) is 2. The third kappa shape index (κ3) is 6.16. The number of ether oxygens (including phenoxy) is 1. The second-order valence-corrected chi connectivity index (χ2v) is 8.05. The zero-order valence-electron chi connectivity index (χ0n) is 16.9. The molecule has 1 aliphatic rings. The van der Waals surface area contributed by atoms with Crippen LogP contribution in [0.4, 0.5) is 4.39 Å². The van der Waals surface area contributed by atoms with Gasteiger partial charge in [-0.15, -0.1) is 11.3 Å². The summed E-state index contributed by atoms with van der Waals surface area (Å²) < 4.78 is 19.3. The second-order valence-electron chi connectivity index (χ2n) is 7.07. The number of rotatable bonds is 7. The predicted molar refractivity (Wildman–Crippen MR) is 115 cm³/mol. The molecule has 1 fully saturated rings. The van der Waals surface area contributed by atoms with Gasteiger partial charge in [0.05, 0.1) is 25.3 Å². The highest BCUT2D eigenvalue weighted by atomic mass is 32.1. The summed E-state index contributed by atoms with van der Waals surface area (Å²) >= 11 is 1.76. The summed E-state index contributed by atoms with van der Waals surface area (Å²) in [6.07, 6.45) is 0.220. The van der Waals surface area contributed by atoms with E-state index < -0.39 is 5.82 Å². The van der Waals surface area contributed by atoms with Gasteiger partial charge in [0, 0.05) is 31.1 Å². The Hall–Kier alpha value is -2.16. The number of morpholine rings is 1. The monoisotopic (exact) mass is 420 g/mol. The van der Waals surface area contributed by atoms with Gasteiger partial charge in [0.2, 0.25) is 0 Å². The van der Waals surface area contributed by atoms with Crippen LogP contribution >= 0.6 is 11.3 Å². The largest absolute Gasteiger partial charge is 0.505 e. The lowest BCUT2D eigenvalue weighted by molar-refractivity contribution is -0.0334. The van der Waals surface area contributed by atoms with Crippen molar-refractivity contribution < 1.29 is 14.2 Å². The maximum Gasteiger partial charge on any atom is 0.191 e. The minimum Gasteiger partial charge on any atom is -0.505 e. The van der Waals surface area contributed by atoms with Crippen LogP contribution < -0.4 is 10.6 Å². The van der Waals surface area contributed by atoms with Crippen LogP contribution in [0.1, 0.15) is 30.3 Å². The Morgan fingerprint density at radius 2 is 2.28 bits per heavy atom. The summed E-state index contributed by atoms with van der Waals surface area (Å²) in [6.45, 7) is 8.41. The standard InChI is InChI=1S/C21H29FN4O2S/c1-3-23-21(24-12-16-6-7-19(27)17(22)11-16)25-13-18(20-5-4-10-29-20)26-8-9-28-15(2)14-26/h4-7,10-11,15,18,27H,3,8-9,12-14H2,1-2H3,(H2,23,24,25). The number of phenols is 1. The highest BCUT2D eigenvalue weighted by molar-refractivity contribution is 7.10. The van der Waals surface area contributed by atoms with Crippen molar-refractivity contribution in [1.82, 2.24) is 15.5 Å². The zero-order chi connectivity index (χ0) is 20.6. The van der Waals surface area contributed by atoms with Crippen molar-refractivity contribution in [2.24, 2.45) is 4.99 Å². The summed E-state index contributed by atoms with van der Waals surface area (Å²) in [5, 5.41) is 18.1. The molecule has 1 saturated heterocycles. The van der Waals surface area contributed by atoms with Gasteiger partial charge in [0.15, 0.2) is 17.5 Å². The number of thiophene rings is 1. The molecule has 29 heavy (non-hydrogen) atoms. The van der Waals surface area contributed by atoms with Crippen LogP contribution in [0.2, 0.25) is 0 Å². The van der Waals surface area contributed by atoms with E-state index in [1.807, 2.05) is 6.92 Å². The van der Waals surface area contributed by atoms with E-state index in [0.717, 1.165) is 26.2 Å². The van der Waals surface area contributed by atoms with Crippen LogP contribution in [0.3, 0.4) is 0 Å². The maximum absolute atomic E-state index is 13.6. The van der Waals surface area contributed by atoms with Crippen molar-refractivity contribution in [2.75, 3.05) is 32.8 Å². The van der Waals surface area contributed by atoms with Gasteiger partial charge >= 0.3 is 0 Å². The van der Waals surface area contributed by atoms with Crippen LogP contribution in [0.5, 0.6) is 5.75 Å². The van der Waals surface area contributed by atoms with E-state index >= 15 is 0 Å². The smallest absolute Gasteiger partial charge is 0.191 e. The Kier molecular flexibility index (Phi) is 7.85. The molecule has 0 radical (unpaired) electrons. The average molecular weight is 421 g/mol. The van der Waals surface area contributed by atoms with Gasteiger partial charge in [-0.25, -0.2) is 9.38 Å². The molecule has 8 heteroatoms. The summed E-state index contributed by atoms with van der Waals surface area (Å²) in [7, 11) is 0. The predicted octanol–water partition coefficient (Wildman–Crippen LogP) is 3.11. The molecule has 2 atom stereocenters. The van der Waals surface area contributed by atoms with Crippen molar-refractivity contribution in [3.63, 3.8) is 0 Å². The van der Waals surface area contributed by atoms with Crippen LogP contribution in [0.25, 0.3) is 0 Å². The molecule has 0 bridgehead atoms. The molecule has 1 aliphatic heterocycles. The lowest BCUT2D eigenvalue weighted by Crippen LogP contribution is -2.48. The van der Waals surface area contributed by atoms with E-state index in [4.69, 9.17) is 4.74 Å². The summed E-state index contributed by atoms with van der Waals surface area (Å²) in [5.74, 6) is -0.292. The van der Waals surface area contributed by atoms with Crippen LogP contribution in [-0.4, -0.2) is 54.9 Å². The van der Waals surface area contributed by atoms with Crippen LogP contribution in [-0.2, 0) is 11.3 Å². The molecule has 0 saturated carbocycles. The number of hydrogen-bond acceptors (Lipinski definition) is 5. The van der Waals surface area contributed by atoms with E-state index in [1.54, 1.807) is 17.4 Å². The number of benzene rings is 1. The molecule has 158 valence electrons. The maximum atomic E-state index is 13.6. The van der Waals surface area contributed by atoms with Crippen LogP contribution in [0, 0.1) is 5.82 Å². The van der Waals surface area contributed by atoms with Crippen molar-refractivity contribution in [2.45, 2.75) is 32.5 Å². The summed E-state index contributed by atoms with van der Waals surface area (Å²) in [5.41, 5.74) is 0.703. The second kappa shape index (κ2) is 10.6. The number of aromatic hydroxyl groups is 1. The zero-order valence-corrected chi connectivity index (χ0v) is 17.7. The molecule has 1 aromatic heterocycles. The molecule has 1 aromatic carbocycles. The third-order valence-corrected chi connectivity index (χ3v) is 5.80.